The van der Waals surface area contributed by atoms with Gasteiger partial charge in [0, 0.05) is 16.8 Å². The quantitative estimate of drug-likeness (QED) is 0.352. The smallest absolute Gasteiger partial charge is 0.336 e. The number of benzene rings is 3. The van der Waals surface area contributed by atoms with Crippen LogP contribution in [0.5, 0.6) is 6.01 Å². The summed E-state index contributed by atoms with van der Waals surface area (Å²) in [7, 11) is 0. The molecule has 0 spiro atoms. The highest BCUT2D eigenvalue weighted by molar-refractivity contribution is 6.04. The van der Waals surface area contributed by atoms with Gasteiger partial charge in [-0.2, -0.15) is 4.98 Å². The third kappa shape index (κ3) is 5.74. The van der Waals surface area contributed by atoms with E-state index in [0.29, 0.717) is 28.3 Å². The number of nitrogens with one attached hydrogen (secondary N) is 1. The van der Waals surface area contributed by atoms with Gasteiger partial charge in [0.15, 0.2) is 5.82 Å². The van der Waals surface area contributed by atoms with Crippen molar-refractivity contribution >= 4 is 11.6 Å². The molecule has 0 aliphatic rings. The van der Waals surface area contributed by atoms with Crippen molar-refractivity contribution in [3.05, 3.63) is 89.7 Å². The molecule has 7 heteroatoms. The summed E-state index contributed by atoms with van der Waals surface area (Å²) in [5, 5.41) is 7.39. The molecule has 0 aliphatic heterocycles. The Morgan fingerprint density at radius 2 is 1.69 bits per heavy atom. The van der Waals surface area contributed by atoms with Crippen LogP contribution in [0.3, 0.4) is 0 Å². The van der Waals surface area contributed by atoms with Gasteiger partial charge in [-0.1, -0.05) is 45.0 Å². The van der Waals surface area contributed by atoms with Gasteiger partial charge in [-0.15, -0.1) is 5.10 Å². The van der Waals surface area contributed by atoms with Crippen LogP contribution >= 0.6 is 0 Å². The van der Waals surface area contributed by atoms with Gasteiger partial charge in [-0.3, -0.25) is 4.79 Å². The van der Waals surface area contributed by atoms with Gasteiger partial charge in [-0.05, 0) is 73.4 Å². The highest BCUT2D eigenvalue weighted by Gasteiger charge is 2.17. The summed E-state index contributed by atoms with van der Waals surface area (Å²) in [6.45, 7) is 10.2. The van der Waals surface area contributed by atoms with Crippen LogP contribution in [0.2, 0.25) is 0 Å². The molecule has 0 aliphatic carbocycles. The molecule has 0 radical (unpaired) electrons. The van der Waals surface area contributed by atoms with E-state index in [1.165, 1.54) is 17.7 Å². The molecule has 0 unspecified atom stereocenters. The van der Waals surface area contributed by atoms with Crippen LogP contribution < -0.4 is 10.1 Å². The van der Waals surface area contributed by atoms with Crippen LogP contribution in [0.25, 0.3) is 17.1 Å². The summed E-state index contributed by atoms with van der Waals surface area (Å²) in [4.78, 5) is 17.2. The minimum absolute atomic E-state index is 0.0244. The Balaban J connectivity index is 1.57. The fourth-order valence-corrected chi connectivity index (χ4v) is 3.56. The van der Waals surface area contributed by atoms with Crippen LogP contribution in [-0.4, -0.2) is 26.8 Å². The van der Waals surface area contributed by atoms with Gasteiger partial charge in [0.1, 0.15) is 5.82 Å². The number of nitrogens with zero attached hydrogens (tertiary/aromatic N) is 3. The van der Waals surface area contributed by atoms with Gasteiger partial charge in [0.05, 0.1) is 11.8 Å². The summed E-state index contributed by atoms with van der Waals surface area (Å²) in [5.41, 5.74) is 3.69. The zero-order valence-electron chi connectivity index (χ0n) is 20.5. The molecule has 0 saturated carbocycles. The second kappa shape index (κ2) is 9.70. The number of hydrogen-bond donors (Lipinski definition) is 1. The number of rotatable bonds is 6. The number of carbonyl (C=O) groups is 1. The summed E-state index contributed by atoms with van der Waals surface area (Å²) in [6.07, 6.45) is -0.110. The van der Waals surface area contributed by atoms with E-state index in [9.17, 15) is 9.18 Å². The summed E-state index contributed by atoms with van der Waals surface area (Å²) in [5.74, 6) is -0.0973. The fourth-order valence-electron chi connectivity index (χ4n) is 3.56. The Morgan fingerprint density at radius 1 is 1.00 bits per heavy atom. The van der Waals surface area contributed by atoms with Gasteiger partial charge in [-0.25, -0.2) is 9.07 Å². The Kier molecular flexibility index (Phi) is 6.69. The Hall–Kier alpha value is -4.00. The first-order valence-corrected chi connectivity index (χ1v) is 11.5. The van der Waals surface area contributed by atoms with E-state index in [1.807, 2.05) is 50.2 Å². The van der Waals surface area contributed by atoms with Crippen LogP contribution in [-0.2, 0) is 5.41 Å². The molecule has 6 nitrogen and oxygen atoms in total. The second-order valence-electron chi connectivity index (χ2n) is 9.64. The minimum atomic E-state index is -0.364. The molecule has 1 amide bonds. The van der Waals surface area contributed by atoms with Crippen LogP contribution in [0.1, 0.15) is 50.5 Å². The lowest BCUT2D eigenvalue weighted by atomic mass is 9.87. The first kappa shape index (κ1) is 24.1. The molecular formula is C28H29FN4O2. The lowest BCUT2D eigenvalue weighted by molar-refractivity contribution is 0.102. The molecule has 3 aromatic carbocycles. The van der Waals surface area contributed by atoms with E-state index in [1.54, 1.807) is 28.9 Å². The third-order valence-corrected chi connectivity index (χ3v) is 5.39. The summed E-state index contributed by atoms with van der Waals surface area (Å²) >= 11 is 0. The monoisotopic (exact) mass is 472 g/mol. The SMILES string of the molecule is CC(C)Oc1nc(-c2cccc(F)c2)n(-c2ccc(NC(=O)c3ccc(C(C)(C)C)cc3)cc2)n1. The molecule has 0 bridgehead atoms. The van der Waals surface area contributed by atoms with Gasteiger partial charge in [0.2, 0.25) is 0 Å². The van der Waals surface area contributed by atoms with Crippen molar-refractivity contribution in [1.29, 1.82) is 0 Å². The van der Waals surface area contributed by atoms with Crippen molar-refractivity contribution in [3.63, 3.8) is 0 Å². The molecule has 0 saturated heterocycles. The van der Waals surface area contributed by atoms with Gasteiger partial charge < -0.3 is 10.1 Å². The molecule has 180 valence electrons. The van der Waals surface area contributed by atoms with Crippen molar-refractivity contribution in [2.45, 2.75) is 46.1 Å². The third-order valence-electron chi connectivity index (χ3n) is 5.39. The maximum atomic E-state index is 13.9. The van der Waals surface area contributed by atoms with Crippen molar-refractivity contribution in [1.82, 2.24) is 14.8 Å². The van der Waals surface area contributed by atoms with E-state index in [0.717, 1.165) is 0 Å². The Bertz CT molecular complexity index is 1320. The Morgan fingerprint density at radius 3 is 2.29 bits per heavy atom. The molecular weight excluding hydrogens is 443 g/mol. The molecule has 1 heterocycles. The zero-order chi connectivity index (χ0) is 25.2. The minimum Gasteiger partial charge on any atom is -0.460 e. The van der Waals surface area contributed by atoms with E-state index in [-0.39, 0.29) is 29.3 Å². The first-order valence-electron chi connectivity index (χ1n) is 11.5. The van der Waals surface area contributed by atoms with E-state index in [4.69, 9.17) is 4.74 Å². The number of amides is 1. The van der Waals surface area contributed by atoms with Crippen molar-refractivity contribution < 1.29 is 13.9 Å². The van der Waals surface area contributed by atoms with E-state index >= 15 is 0 Å². The predicted octanol–water partition coefficient (Wildman–Crippen LogP) is 6.41. The highest BCUT2D eigenvalue weighted by atomic mass is 19.1. The molecule has 1 aromatic heterocycles. The number of aromatic nitrogens is 3. The average molecular weight is 473 g/mol. The number of halogens is 1. The van der Waals surface area contributed by atoms with E-state index < -0.39 is 0 Å². The highest BCUT2D eigenvalue weighted by Crippen LogP contribution is 2.26. The number of hydrogen-bond acceptors (Lipinski definition) is 4. The number of ether oxygens (including phenoxy) is 1. The van der Waals surface area contributed by atoms with Crippen molar-refractivity contribution in [2.24, 2.45) is 0 Å². The molecule has 4 rings (SSSR count). The lowest BCUT2D eigenvalue weighted by Crippen LogP contribution is -2.14. The fraction of sp³-hybridized carbons (Fsp3) is 0.250. The zero-order valence-corrected chi connectivity index (χ0v) is 20.5. The summed E-state index contributed by atoms with van der Waals surface area (Å²) in [6, 6.07) is 21.2. The normalized spacial score (nSPS) is 11.5. The van der Waals surface area contributed by atoms with Gasteiger partial charge >= 0.3 is 6.01 Å². The first-order chi connectivity index (χ1) is 16.6. The van der Waals surface area contributed by atoms with Crippen LogP contribution in [0.4, 0.5) is 10.1 Å². The second-order valence-corrected chi connectivity index (χ2v) is 9.64. The number of anilines is 1. The predicted molar refractivity (Wildman–Crippen MR) is 136 cm³/mol. The molecule has 1 N–H and O–H groups in total. The standard InChI is InChI=1S/C28H29FN4O2/c1-18(2)35-27-31-25(20-7-6-8-22(29)17-20)33(32-27)24-15-13-23(14-16-24)30-26(34)19-9-11-21(12-10-19)28(3,4)5/h6-18H,1-5H3,(H,30,34). The number of carbonyl (C=O) groups excluding carboxylic acids is 1. The van der Waals surface area contributed by atoms with Gasteiger partial charge in [0.25, 0.3) is 5.91 Å². The topological polar surface area (TPSA) is 69.0 Å². The molecule has 0 atom stereocenters. The lowest BCUT2D eigenvalue weighted by Gasteiger charge is -2.19. The Labute approximate surface area is 204 Å². The average Bonchev–Trinajstić information content (AvgIpc) is 3.22. The maximum absolute atomic E-state index is 13.9. The largest absolute Gasteiger partial charge is 0.460 e. The van der Waals surface area contributed by atoms with Crippen molar-refractivity contribution in [3.8, 4) is 23.1 Å². The van der Waals surface area contributed by atoms with Crippen LogP contribution in [0.15, 0.2) is 72.8 Å². The maximum Gasteiger partial charge on any atom is 0.336 e. The van der Waals surface area contributed by atoms with Crippen LogP contribution in [0, 0.1) is 5.82 Å². The molecule has 4 aromatic rings. The molecule has 35 heavy (non-hydrogen) atoms. The summed E-state index contributed by atoms with van der Waals surface area (Å²) < 4.78 is 21.1. The van der Waals surface area contributed by atoms with E-state index in [2.05, 4.69) is 36.2 Å². The van der Waals surface area contributed by atoms with Crippen molar-refractivity contribution in [2.75, 3.05) is 5.32 Å². The molecule has 0 fully saturated rings.